The van der Waals surface area contributed by atoms with E-state index in [4.69, 9.17) is 0 Å². The number of carbonyl (C=O) groups is 1. The van der Waals surface area contributed by atoms with E-state index in [-0.39, 0.29) is 22.4 Å². The Morgan fingerprint density at radius 1 is 1.26 bits per heavy atom. The number of aromatic nitrogens is 2. The molecule has 13 heteroatoms. The second-order valence-corrected chi connectivity index (χ2v) is 12.5. The third-order valence-corrected chi connectivity index (χ3v) is 9.65. The van der Waals surface area contributed by atoms with Crippen molar-refractivity contribution in [1.29, 1.82) is 5.26 Å². The van der Waals surface area contributed by atoms with E-state index in [9.17, 15) is 23.2 Å². The van der Waals surface area contributed by atoms with Crippen molar-refractivity contribution in [1.82, 2.24) is 9.78 Å². The fourth-order valence-corrected chi connectivity index (χ4v) is 7.65. The number of fused-ring (bicyclic) bond motifs is 2. The molecule has 1 amide bonds. The number of aryl methyl sites for hydroxylation is 1. The van der Waals surface area contributed by atoms with Gasteiger partial charge in [-0.1, -0.05) is 0 Å². The quantitative estimate of drug-likeness (QED) is 0.319. The van der Waals surface area contributed by atoms with Crippen molar-refractivity contribution in [3.05, 3.63) is 47.0 Å². The molecule has 0 fully saturated rings. The molecule has 1 aliphatic heterocycles. The molecule has 0 spiro atoms. The van der Waals surface area contributed by atoms with Gasteiger partial charge in [-0.15, -0.1) is 22.7 Å². The van der Waals surface area contributed by atoms with Crippen LogP contribution in [0.15, 0.2) is 20.4 Å². The Hall–Kier alpha value is -1.88. The second-order valence-electron chi connectivity index (χ2n) is 8.07. The number of amides is 1. The zero-order valence-corrected chi connectivity index (χ0v) is 22.1. The molecular formula is C21H16Br2F3N5OS2. The summed E-state index contributed by atoms with van der Waals surface area (Å²) in [5.74, 6) is -0.568. The number of halogens is 5. The highest BCUT2D eigenvalue weighted by atomic mass is 79.9. The minimum absolute atomic E-state index is 0.0965. The molecule has 2 atom stereocenters. The topological polar surface area (TPSA) is 82.7 Å². The van der Waals surface area contributed by atoms with Crippen molar-refractivity contribution in [2.24, 2.45) is 0 Å². The Morgan fingerprint density at radius 2 is 2.03 bits per heavy atom. The molecule has 2 aliphatic rings. The summed E-state index contributed by atoms with van der Waals surface area (Å²) >= 11 is 9.36. The van der Waals surface area contributed by atoms with Crippen molar-refractivity contribution in [2.75, 3.05) is 10.6 Å². The number of thiophene rings is 2. The second kappa shape index (κ2) is 8.96. The van der Waals surface area contributed by atoms with Crippen molar-refractivity contribution in [3.63, 3.8) is 0 Å². The number of nitrogens with one attached hydrogen (secondary N) is 2. The third kappa shape index (κ3) is 4.19. The van der Waals surface area contributed by atoms with Crippen LogP contribution in [0.5, 0.6) is 0 Å². The Kier molecular flexibility index (Phi) is 6.29. The van der Waals surface area contributed by atoms with Crippen LogP contribution in [-0.4, -0.2) is 21.9 Å². The van der Waals surface area contributed by atoms with Crippen LogP contribution in [0.2, 0.25) is 0 Å². The van der Waals surface area contributed by atoms with E-state index >= 15 is 0 Å². The Bertz CT molecular complexity index is 1320. The van der Waals surface area contributed by atoms with Gasteiger partial charge in [0.2, 0.25) is 0 Å². The van der Waals surface area contributed by atoms with Gasteiger partial charge in [-0.3, -0.25) is 4.79 Å². The number of carbonyl (C=O) groups excluding carboxylic acids is 1. The fourth-order valence-electron chi connectivity index (χ4n) is 4.37. The van der Waals surface area contributed by atoms with Crippen LogP contribution in [-0.2, 0) is 12.8 Å². The maximum absolute atomic E-state index is 14.0. The summed E-state index contributed by atoms with van der Waals surface area (Å²) in [5, 5.41) is 19.9. The summed E-state index contributed by atoms with van der Waals surface area (Å²) in [7, 11) is 0. The van der Waals surface area contributed by atoms with Gasteiger partial charge < -0.3 is 10.6 Å². The fraction of sp³-hybridized carbons (Fsp3) is 0.381. The van der Waals surface area contributed by atoms with E-state index in [1.54, 1.807) is 12.1 Å². The lowest BCUT2D eigenvalue weighted by molar-refractivity contribution is -0.173. The number of nitrogens with zero attached hydrogens (tertiary/aromatic N) is 3. The predicted molar refractivity (Wildman–Crippen MR) is 132 cm³/mol. The lowest BCUT2D eigenvalue weighted by Gasteiger charge is -2.33. The first-order valence-electron chi connectivity index (χ1n) is 10.4. The molecule has 2 N–H and O–H groups in total. The highest BCUT2D eigenvalue weighted by molar-refractivity contribution is 9.11. The van der Waals surface area contributed by atoms with Gasteiger partial charge in [0.15, 0.2) is 11.7 Å². The zero-order valence-electron chi connectivity index (χ0n) is 17.3. The summed E-state index contributed by atoms with van der Waals surface area (Å²) in [5.41, 5.74) is 1.23. The van der Waals surface area contributed by atoms with Gasteiger partial charge in [0.25, 0.3) is 5.91 Å². The van der Waals surface area contributed by atoms with Gasteiger partial charge in [-0.2, -0.15) is 23.5 Å². The van der Waals surface area contributed by atoms with Crippen LogP contribution < -0.4 is 10.6 Å². The van der Waals surface area contributed by atoms with Gasteiger partial charge in [-0.25, -0.2) is 4.68 Å². The maximum atomic E-state index is 14.0. The standard InChI is InChI=1S/C21H16Br2F3N5OS2/c22-15-6-5-13(33-15)11-7-14(21(24,25)26)31-18(28-11)16(23)17(30-31)19(32)29-20-10(8-27)9-3-1-2-4-12(9)34-20/h5-6,11,14,28H,1-4,7H2,(H,29,32)/t11-,14+/m1/s1. The molecule has 34 heavy (non-hydrogen) atoms. The van der Waals surface area contributed by atoms with Crippen molar-refractivity contribution in [2.45, 2.75) is 50.4 Å². The van der Waals surface area contributed by atoms with Crippen LogP contribution in [0.3, 0.4) is 0 Å². The molecular weight excluding hydrogens is 619 g/mol. The SMILES string of the molecule is N#Cc1c(NC(=O)c2nn3c(c2Br)N[C@@H](c2ccc(Br)s2)C[C@H]3C(F)(F)F)sc2c1CCCC2. The largest absolute Gasteiger partial charge is 0.410 e. The summed E-state index contributed by atoms with van der Waals surface area (Å²) in [6.45, 7) is 0. The summed E-state index contributed by atoms with van der Waals surface area (Å²) in [6.07, 6.45) is -1.16. The molecule has 3 aromatic rings. The van der Waals surface area contributed by atoms with Crippen LogP contribution in [0, 0.1) is 11.3 Å². The molecule has 0 radical (unpaired) electrons. The highest BCUT2D eigenvalue weighted by Crippen LogP contribution is 2.47. The van der Waals surface area contributed by atoms with E-state index in [1.807, 2.05) is 0 Å². The monoisotopic (exact) mass is 633 g/mol. The Labute approximate surface area is 217 Å². The number of alkyl halides is 3. The Balaban J connectivity index is 1.49. The Morgan fingerprint density at radius 3 is 2.71 bits per heavy atom. The lowest BCUT2D eigenvalue weighted by atomic mass is 9.96. The normalized spacial score (nSPS) is 19.6. The number of anilines is 2. The molecule has 3 aromatic heterocycles. The zero-order chi connectivity index (χ0) is 24.2. The molecule has 5 rings (SSSR count). The number of nitriles is 1. The van der Waals surface area contributed by atoms with Gasteiger partial charge in [-0.05, 0) is 75.2 Å². The van der Waals surface area contributed by atoms with Crippen molar-refractivity contribution < 1.29 is 18.0 Å². The summed E-state index contributed by atoms with van der Waals surface area (Å²) < 4.78 is 43.8. The smallest absolute Gasteiger partial charge is 0.362 e. The van der Waals surface area contributed by atoms with Crippen molar-refractivity contribution >= 4 is 71.3 Å². The first kappa shape index (κ1) is 23.8. The summed E-state index contributed by atoms with van der Waals surface area (Å²) in [4.78, 5) is 14.9. The minimum atomic E-state index is -4.55. The van der Waals surface area contributed by atoms with Gasteiger partial charge in [0.1, 0.15) is 16.9 Å². The van der Waals surface area contributed by atoms with E-state index in [2.05, 4.69) is 53.7 Å². The third-order valence-electron chi connectivity index (χ3n) is 5.96. The van der Waals surface area contributed by atoms with Gasteiger partial charge in [0, 0.05) is 16.2 Å². The van der Waals surface area contributed by atoms with E-state index in [1.165, 1.54) is 22.7 Å². The first-order valence-corrected chi connectivity index (χ1v) is 13.6. The van der Waals surface area contributed by atoms with Crippen LogP contribution in [0.25, 0.3) is 0 Å². The summed E-state index contributed by atoms with van der Waals surface area (Å²) in [6, 6.07) is 3.25. The minimum Gasteiger partial charge on any atom is -0.362 e. The number of rotatable bonds is 3. The van der Waals surface area contributed by atoms with Crippen LogP contribution >= 0.6 is 54.5 Å². The first-order chi connectivity index (χ1) is 16.2. The van der Waals surface area contributed by atoms with Gasteiger partial charge >= 0.3 is 6.18 Å². The molecule has 6 nitrogen and oxygen atoms in total. The molecule has 0 saturated heterocycles. The molecule has 4 heterocycles. The maximum Gasteiger partial charge on any atom is 0.410 e. The number of hydrogen-bond acceptors (Lipinski definition) is 6. The lowest BCUT2D eigenvalue weighted by Crippen LogP contribution is -2.35. The molecule has 0 aromatic carbocycles. The molecule has 0 saturated carbocycles. The average molecular weight is 635 g/mol. The van der Waals surface area contributed by atoms with Gasteiger partial charge in [0.05, 0.1) is 19.9 Å². The van der Waals surface area contributed by atoms with E-state index < -0.39 is 24.2 Å². The molecule has 0 unspecified atom stereocenters. The van der Waals surface area contributed by atoms with E-state index in [0.29, 0.717) is 10.6 Å². The average Bonchev–Trinajstić information content (AvgIpc) is 3.47. The molecule has 178 valence electrons. The van der Waals surface area contributed by atoms with Crippen molar-refractivity contribution in [3.8, 4) is 6.07 Å². The highest BCUT2D eigenvalue weighted by Gasteiger charge is 2.48. The van der Waals surface area contributed by atoms with Crippen LogP contribution in [0.1, 0.15) is 62.7 Å². The molecule has 1 aliphatic carbocycles. The number of hydrogen-bond donors (Lipinski definition) is 2. The van der Waals surface area contributed by atoms with E-state index in [0.717, 1.165) is 49.5 Å². The predicted octanol–water partition coefficient (Wildman–Crippen LogP) is 7.19. The van der Waals surface area contributed by atoms with Crippen LogP contribution in [0.4, 0.5) is 24.0 Å². The molecule has 0 bridgehead atoms.